The molecule has 0 N–H and O–H groups in total. The number of aromatic nitrogens is 2. The van der Waals surface area contributed by atoms with Crippen LogP contribution in [0, 0.1) is 13.8 Å². The van der Waals surface area contributed by atoms with Crippen molar-refractivity contribution in [1.82, 2.24) is 9.97 Å². The summed E-state index contributed by atoms with van der Waals surface area (Å²) in [7, 11) is 0. The summed E-state index contributed by atoms with van der Waals surface area (Å²) >= 11 is 9.67. The summed E-state index contributed by atoms with van der Waals surface area (Å²) in [6.07, 6.45) is 0. The van der Waals surface area contributed by atoms with Crippen molar-refractivity contribution < 1.29 is 0 Å². The van der Waals surface area contributed by atoms with Crippen molar-refractivity contribution in [2.75, 3.05) is 0 Å². The number of aryl methyl sites for hydroxylation is 1. The van der Waals surface area contributed by atoms with Gasteiger partial charge in [-0.15, -0.1) is 0 Å². The fourth-order valence-corrected chi connectivity index (χ4v) is 2.74. The second kappa shape index (κ2) is 5.59. The summed E-state index contributed by atoms with van der Waals surface area (Å²) in [5, 5.41) is 0.467. The van der Waals surface area contributed by atoms with Crippen LogP contribution in [0.4, 0.5) is 0 Å². The maximum absolute atomic E-state index is 6.21. The number of nitrogens with zero attached hydrogens (tertiary/aromatic N) is 2. The van der Waals surface area contributed by atoms with Gasteiger partial charge in [0.05, 0.1) is 10.2 Å². The van der Waals surface area contributed by atoms with Crippen molar-refractivity contribution >= 4 is 27.5 Å². The summed E-state index contributed by atoms with van der Waals surface area (Å²) in [6, 6.07) is 6.14. The molecule has 0 saturated heterocycles. The van der Waals surface area contributed by atoms with Crippen molar-refractivity contribution in [3.63, 3.8) is 0 Å². The Morgan fingerprint density at radius 3 is 2.47 bits per heavy atom. The van der Waals surface area contributed by atoms with E-state index in [1.807, 2.05) is 12.1 Å². The Balaban J connectivity index is 2.67. The Morgan fingerprint density at radius 1 is 1.16 bits per heavy atom. The third kappa shape index (κ3) is 2.82. The van der Waals surface area contributed by atoms with E-state index in [1.54, 1.807) is 0 Å². The first-order valence-corrected chi connectivity index (χ1v) is 7.38. The first kappa shape index (κ1) is 14.5. The van der Waals surface area contributed by atoms with Gasteiger partial charge in [0, 0.05) is 5.56 Å². The molecule has 2 rings (SSSR count). The first-order valence-electron chi connectivity index (χ1n) is 6.21. The molecule has 2 nitrogen and oxygen atoms in total. The molecule has 0 fully saturated rings. The van der Waals surface area contributed by atoms with Gasteiger partial charge >= 0.3 is 0 Å². The average Bonchev–Trinajstić information content (AvgIpc) is 2.35. The van der Waals surface area contributed by atoms with Crippen molar-refractivity contribution in [1.29, 1.82) is 0 Å². The van der Waals surface area contributed by atoms with E-state index in [1.165, 1.54) is 11.1 Å². The van der Waals surface area contributed by atoms with Gasteiger partial charge in [0.25, 0.3) is 0 Å². The van der Waals surface area contributed by atoms with Crippen molar-refractivity contribution in [3.8, 4) is 11.4 Å². The zero-order valence-corrected chi connectivity index (χ0v) is 13.8. The van der Waals surface area contributed by atoms with Crippen LogP contribution in [0.3, 0.4) is 0 Å². The highest BCUT2D eigenvalue weighted by Crippen LogP contribution is 2.32. The summed E-state index contributed by atoms with van der Waals surface area (Å²) in [5.74, 6) is 0.983. The molecule has 0 unspecified atom stereocenters. The van der Waals surface area contributed by atoms with Gasteiger partial charge in [0.1, 0.15) is 5.15 Å². The number of halogens is 2. The van der Waals surface area contributed by atoms with Crippen LogP contribution in [-0.2, 0) is 0 Å². The van der Waals surface area contributed by atoms with Crippen LogP contribution in [-0.4, -0.2) is 9.97 Å². The second-order valence-electron chi connectivity index (χ2n) is 4.94. The van der Waals surface area contributed by atoms with E-state index in [0.717, 1.165) is 15.7 Å². The largest absolute Gasteiger partial charge is 0.232 e. The minimum atomic E-state index is 0.291. The lowest BCUT2D eigenvalue weighted by molar-refractivity contribution is 0.809. The molecule has 100 valence electrons. The molecule has 1 heterocycles. The highest BCUT2D eigenvalue weighted by atomic mass is 79.9. The molecule has 0 aliphatic carbocycles. The maximum Gasteiger partial charge on any atom is 0.161 e. The molecule has 0 bridgehead atoms. The molecule has 19 heavy (non-hydrogen) atoms. The van der Waals surface area contributed by atoms with Crippen LogP contribution in [0.2, 0.25) is 5.15 Å². The van der Waals surface area contributed by atoms with E-state index in [9.17, 15) is 0 Å². The van der Waals surface area contributed by atoms with Crippen molar-refractivity contribution in [2.45, 2.75) is 33.6 Å². The van der Waals surface area contributed by atoms with Crippen LogP contribution in [0.1, 0.15) is 36.6 Å². The molecule has 0 aliphatic heterocycles. The van der Waals surface area contributed by atoms with Gasteiger partial charge in [0.2, 0.25) is 0 Å². The fraction of sp³-hybridized carbons (Fsp3) is 0.333. The lowest BCUT2D eigenvalue weighted by Crippen LogP contribution is -2.01. The molecule has 0 spiro atoms. The van der Waals surface area contributed by atoms with E-state index in [-0.39, 0.29) is 0 Å². The Morgan fingerprint density at radius 2 is 1.84 bits per heavy atom. The second-order valence-corrected chi connectivity index (χ2v) is 6.09. The van der Waals surface area contributed by atoms with Gasteiger partial charge in [-0.3, -0.25) is 0 Å². The SMILES string of the molecule is Cc1cccc(-c2nc(Cl)c(Br)c(C(C)C)n2)c1C. The van der Waals surface area contributed by atoms with E-state index >= 15 is 0 Å². The van der Waals surface area contributed by atoms with Gasteiger partial charge in [-0.25, -0.2) is 9.97 Å². The van der Waals surface area contributed by atoms with Gasteiger partial charge in [0.15, 0.2) is 5.82 Å². The van der Waals surface area contributed by atoms with Gasteiger partial charge in [-0.2, -0.15) is 0 Å². The molecule has 0 saturated carbocycles. The average molecular weight is 340 g/mol. The minimum absolute atomic E-state index is 0.291. The standard InChI is InChI=1S/C15H16BrClN2/c1-8(2)13-12(16)14(17)19-15(18-13)11-7-5-6-9(3)10(11)4/h5-8H,1-4H3. The normalized spacial score (nSPS) is 11.1. The molecule has 1 aromatic carbocycles. The Kier molecular flexibility index (Phi) is 4.26. The predicted octanol–water partition coefficient (Wildman–Crippen LogP) is 5.30. The van der Waals surface area contributed by atoms with Gasteiger partial charge < -0.3 is 0 Å². The van der Waals surface area contributed by atoms with Crippen LogP contribution in [0.25, 0.3) is 11.4 Å². The molecule has 0 radical (unpaired) electrons. The molecular weight excluding hydrogens is 324 g/mol. The molecule has 0 aliphatic rings. The summed E-state index contributed by atoms with van der Waals surface area (Å²) < 4.78 is 0.790. The highest BCUT2D eigenvalue weighted by Gasteiger charge is 2.15. The van der Waals surface area contributed by atoms with Crippen LogP contribution >= 0.6 is 27.5 Å². The predicted molar refractivity (Wildman–Crippen MR) is 83.7 cm³/mol. The molecule has 0 amide bonds. The third-order valence-corrected chi connectivity index (χ3v) is 4.51. The summed E-state index contributed by atoms with van der Waals surface area (Å²) in [5.41, 5.74) is 4.40. The van der Waals surface area contributed by atoms with E-state index in [4.69, 9.17) is 11.6 Å². The van der Waals surface area contributed by atoms with Gasteiger partial charge in [-0.1, -0.05) is 43.6 Å². The lowest BCUT2D eigenvalue weighted by atomic mass is 10.0. The monoisotopic (exact) mass is 338 g/mol. The molecule has 4 heteroatoms. The summed E-state index contributed by atoms with van der Waals surface area (Å²) in [4.78, 5) is 9.06. The summed E-state index contributed by atoms with van der Waals surface area (Å²) in [6.45, 7) is 8.36. The van der Waals surface area contributed by atoms with E-state index < -0.39 is 0 Å². The zero-order chi connectivity index (χ0) is 14.2. The topological polar surface area (TPSA) is 25.8 Å². The molecule has 1 aromatic heterocycles. The van der Waals surface area contributed by atoms with Crippen molar-refractivity contribution in [3.05, 3.63) is 44.6 Å². The third-order valence-electron chi connectivity index (χ3n) is 3.23. The highest BCUT2D eigenvalue weighted by molar-refractivity contribution is 9.10. The fourth-order valence-electron chi connectivity index (χ4n) is 1.93. The molecule has 0 atom stereocenters. The number of rotatable bonds is 2. The van der Waals surface area contributed by atoms with E-state index in [2.05, 4.69) is 59.7 Å². The lowest BCUT2D eigenvalue weighted by Gasteiger charge is -2.13. The van der Waals surface area contributed by atoms with Gasteiger partial charge in [-0.05, 0) is 46.8 Å². The van der Waals surface area contributed by atoms with E-state index in [0.29, 0.717) is 16.9 Å². The number of hydrogen-bond acceptors (Lipinski definition) is 2. The number of hydrogen-bond donors (Lipinski definition) is 0. The maximum atomic E-state index is 6.21. The first-order chi connectivity index (χ1) is 8.91. The minimum Gasteiger partial charge on any atom is -0.232 e. The zero-order valence-electron chi connectivity index (χ0n) is 11.5. The molecule has 2 aromatic rings. The Hall–Kier alpha value is -0.930. The van der Waals surface area contributed by atoms with Crippen molar-refractivity contribution in [2.24, 2.45) is 0 Å². The van der Waals surface area contributed by atoms with Crippen LogP contribution < -0.4 is 0 Å². The van der Waals surface area contributed by atoms with Crippen LogP contribution in [0.15, 0.2) is 22.7 Å². The Bertz CT molecular complexity index is 624. The smallest absolute Gasteiger partial charge is 0.161 e. The molecular formula is C15H16BrClN2. The number of benzene rings is 1. The quantitative estimate of drug-likeness (QED) is 0.694. The Labute approximate surface area is 127 Å². The van der Waals surface area contributed by atoms with Crippen LogP contribution in [0.5, 0.6) is 0 Å².